The van der Waals surface area contributed by atoms with Gasteiger partial charge >= 0.3 is 0 Å². The van der Waals surface area contributed by atoms with Gasteiger partial charge in [-0.15, -0.1) is 0 Å². The first-order chi connectivity index (χ1) is 25.1. The Hall–Kier alpha value is -1.63. The minimum absolute atomic E-state index is 0.0167. The Bertz CT molecular complexity index is 1240. The SMILES string of the molecule is CC(C)(C)NCCCC[C@@H](NC(C)(C)C)C(=O)N[C@@H](CSCCS(=O)(=O)CCSC[C@H](NC(=O)[C@@H](CCCCNC(C)(C)C)NC(C)(C)C)C(N)=O)NC=O. The Kier molecular flexibility index (Phi) is 24.9. The van der Waals surface area contributed by atoms with Crippen LogP contribution in [0.15, 0.2) is 0 Å². The summed E-state index contributed by atoms with van der Waals surface area (Å²) in [5.74, 6) is -0.439. The van der Waals surface area contributed by atoms with E-state index in [0.717, 1.165) is 38.8 Å². The van der Waals surface area contributed by atoms with Gasteiger partial charge in [0.15, 0.2) is 9.84 Å². The van der Waals surface area contributed by atoms with E-state index in [1.807, 2.05) is 41.5 Å². The highest BCUT2D eigenvalue weighted by molar-refractivity contribution is 8.02. The van der Waals surface area contributed by atoms with Crippen molar-refractivity contribution >= 4 is 57.5 Å². The van der Waals surface area contributed by atoms with Gasteiger partial charge in [0.05, 0.1) is 23.6 Å². The van der Waals surface area contributed by atoms with E-state index in [0.29, 0.717) is 25.0 Å². The summed E-state index contributed by atoms with van der Waals surface area (Å²) in [6.45, 7) is 26.3. The van der Waals surface area contributed by atoms with Crippen LogP contribution in [0.5, 0.6) is 0 Å². The smallest absolute Gasteiger partial charge is 0.240 e. The molecule has 17 heteroatoms. The Labute approximate surface area is 342 Å². The largest absolute Gasteiger partial charge is 0.368 e. The molecule has 4 atom stereocenters. The lowest BCUT2D eigenvalue weighted by Crippen LogP contribution is -2.56. The third kappa shape index (κ3) is 31.1. The number of hydrogen-bond donors (Lipinski definition) is 8. The maximum atomic E-state index is 13.3. The number of amides is 4. The molecule has 0 spiro atoms. The number of rotatable bonds is 29. The molecule has 0 bridgehead atoms. The van der Waals surface area contributed by atoms with Gasteiger partial charge in [-0.05, 0) is 122 Å². The second-order valence-electron chi connectivity index (χ2n) is 18.3. The lowest BCUT2D eigenvalue weighted by Gasteiger charge is -2.29. The molecule has 0 aliphatic carbocycles. The van der Waals surface area contributed by atoms with Crippen LogP contribution in [-0.2, 0) is 29.0 Å². The molecule has 0 aliphatic rings. The lowest BCUT2D eigenvalue weighted by molar-refractivity contribution is -0.128. The number of nitrogens with two attached hydrogens (primary N) is 1. The zero-order valence-corrected chi connectivity index (χ0v) is 38.5. The standard InChI is InChI=1S/C38H78N8O6S3/c1-35(2,3)41-19-15-13-17-28(45-37(7,8)9)33(49)43-30(32(39)48)25-53-21-23-55(51,52)24-22-54-26-31(40-27-47)44-34(50)29(46-38(10,11)12)18-14-16-20-42-36(4,5)6/h27-31,41-42,45-46H,13-26H2,1-12H3,(H2,39,48)(H,40,47)(H,43,49)(H,44,50)/t28-,29-,30+,31+/m1/s1. The van der Waals surface area contributed by atoms with Crippen LogP contribution in [0.25, 0.3) is 0 Å². The average Bonchev–Trinajstić information content (AvgIpc) is 3.00. The predicted octanol–water partition coefficient (Wildman–Crippen LogP) is 2.66. The molecular weight excluding hydrogens is 761 g/mol. The molecule has 0 saturated heterocycles. The third-order valence-electron chi connectivity index (χ3n) is 7.89. The molecule has 0 aromatic carbocycles. The summed E-state index contributed by atoms with van der Waals surface area (Å²) in [7, 11) is -3.43. The summed E-state index contributed by atoms with van der Waals surface area (Å²) >= 11 is 2.57. The van der Waals surface area contributed by atoms with Gasteiger partial charge in [0.1, 0.15) is 12.2 Å². The van der Waals surface area contributed by atoms with E-state index in [1.165, 1.54) is 23.5 Å². The lowest BCUT2D eigenvalue weighted by atomic mass is 10.0. The second kappa shape index (κ2) is 25.7. The van der Waals surface area contributed by atoms with Crippen LogP contribution in [0, 0.1) is 0 Å². The molecule has 324 valence electrons. The summed E-state index contributed by atoms with van der Waals surface area (Å²) in [5.41, 5.74) is 5.05. The second-order valence-corrected chi connectivity index (χ2v) is 23.0. The topological polar surface area (TPSA) is 213 Å². The summed E-state index contributed by atoms with van der Waals surface area (Å²) in [6.07, 6.45) is 4.55. The van der Waals surface area contributed by atoms with Crippen molar-refractivity contribution in [1.29, 1.82) is 0 Å². The summed E-state index contributed by atoms with van der Waals surface area (Å²) in [6, 6.07) is -1.91. The molecule has 55 heavy (non-hydrogen) atoms. The maximum Gasteiger partial charge on any atom is 0.240 e. The van der Waals surface area contributed by atoms with E-state index in [1.54, 1.807) is 0 Å². The van der Waals surface area contributed by atoms with Gasteiger partial charge in [0.2, 0.25) is 24.1 Å². The molecule has 0 unspecified atom stereocenters. The number of nitrogens with one attached hydrogen (secondary N) is 7. The van der Waals surface area contributed by atoms with Crippen molar-refractivity contribution in [1.82, 2.24) is 37.2 Å². The zero-order valence-electron chi connectivity index (χ0n) is 36.0. The van der Waals surface area contributed by atoms with Crippen molar-refractivity contribution in [3.05, 3.63) is 0 Å². The van der Waals surface area contributed by atoms with Crippen LogP contribution < -0.4 is 43.0 Å². The van der Waals surface area contributed by atoms with Crippen LogP contribution in [-0.4, -0.2) is 127 Å². The van der Waals surface area contributed by atoms with E-state index < -0.39 is 40.0 Å². The molecule has 0 radical (unpaired) electrons. The molecular formula is C38H78N8O6S3. The van der Waals surface area contributed by atoms with Gasteiger partial charge in [-0.1, -0.05) is 12.8 Å². The van der Waals surface area contributed by atoms with Gasteiger partial charge in [0, 0.05) is 45.2 Å². The summed E-state index contributed by atoms with van der Waals surface area (Å²) in [4.78, 5) is 50.1. The van der Waals surface area contributed by atoms with Crippen LogP contribution in [0.3, 0.4) is 0 Å². The molecule has 9 N–H and O–H groups in total. The van der Waals surface area contributed by atoms with Crippen molar-refractivity contribution in [2.75, 3.05) is 47.6 Å². The average molecular weight is 839 g/mol. The number of carbonyl (C=O) groups is 4. The van der Waals surface area contributed by atoms with Crippen molar-refractivity contribution in [2.45, 2.75) is 168 Å². The number of unbranched alkanes of at least 4 members (excludes halogenated alkanes) is 2. The Balaban J connectivity index is 4.95. The first-order valence-electron chi connectivity index (χ1n) is 19.6. The molecule has 0 aromatic rings. The van der Waals surface area contributed by atoms with E-state index in [9.17, 15) is 27.6 Å². The highest BCUT2D eigenvalue weighted by Crippen LogP contribution is 2.13. The minimum Gasteiger partial charge on any atom is -0.368 e. The molecule has 0 heterocycles. The summed E-state index contributed by atoms with van der Waals surface area (Å²) in [5, 5.41) is 22.0. The van der Waals surface area contributed by atoms with Crippen LogP contribution >= 0.6 is 23.5 Å². The molecule has 14 nitrogen and oxygen atoms in total. The minimum atomic E-state index is -3.43. The predicted molar refractivity (Wildman–Crippen MR) is 232 cm³/mol. The van der Waals surface area contributed by atoms with Gasteiger partial charge in [-0.2, -0.15) is 23.5 Å². The molecule has 0 aliphatic heterocycles. The van der Waals surface area contributed by atoms with E-state index >= 15 is 0 Å². The van der Waals surface area contributed by atoms with E-state index in [2.05, 4.69) is 78.8 Å². The van der Waals surface area contributed by atoms with Gasteiger partial charge < -0.3 is 43.0 Å². The third-order valence-corrected chi connectivity index (χ3v) is 12.2. The Morgan fingerprint density at radius 2 is 1.04 bits per heavy atom. The van der Waals surface area contributed by atoms with Crippen LogP contribution in [0.1, 0.15) is 122 Å². The zero-order chi connectivity index (χ0) is 42.5. The molecule has 0 aromatic heterocycles. The van der Waals surface area contributed by atoms with Gasteiger partial charge in [-0.25, -0.2) is 8.42 Å². The van der Waals surface area contributed by atoms with Gasteiger partial charge in [0.25, 0.3) is 0 Å². The van der Waals surface area contributed by atoms with Crippen molar-refractivity contribution in [3.63, 3.8) is 0 Å². The van der Waals surface area contributed by atoms with E-state index in [4.69, 9.17) is 5.73 Å². The number of primary amides is 1. The quantitative estimate of drug-likeness (QED) is 0.0311. The fourth-order valence-electron chi connectivity index (χ4n) is 5.29. The maximum absolute atomic E-state index is 13.3. The van der Waals surface area contributed by atoms with Crippen LogP contribution in [0.2, 0.25) is 0 Å². The normalized spacial score (nSPS) is 15.1. The molecule has 0 saturated carbocycles. The fourth-order valence-corrected chi connectivity index (χ4v) is 9.70. The first kappa shape index (κ1) is 53.4. The monoisotopic (exact) mass is 839 g/mol. The van der Waals surface area contributed by atoms with Gasteiger partial charge in [-0.3, -0.25) is 19.2 Å². The molecule has 4 amide bonds. The number of sulfone groups is 1. The number of thioether (sulfide) groups is 2. The van der Waals surface area contributed by atoms with Crippen molar-refractivity contribution in [2.24, 2.45) is 5.73 Å². The Morgan fingerprint density at radius 1 is 0.618 bits per heavy atom. The number of carbonyl (C=O) groups excluding carboxylic acids is 4. The highest BCUT2D eigenvalue weighted by atomic mass is 32.2. The Morgan fingerprint density at radius 3 is 1.42 bits per heavy atom. The number of hydrogen-bond acceptors (Lipinski definition) is 12. The highest BCUT2D eigenvalue weighted by Gasteiger charge is 2.28. The van der Waals surface area contributed by atoms with E-state index in [-0.39, 0.29) is 62.7 Å². The molecule has 0 fully saturated rings. The fraction of sp³-hybridized carbons (Fsp3) is 0.895. The van der Waals surface area contributed by atoms with Crippen LogP contribution in [0.4, 0.5) is 0 Å². The van der Waals surface area contributed by atoms with Crippen molar-refractivity contribution < 1.29 is 27.6 Å². The molecule has 0 rings (SSSR count). The van der Waals surface area contributed by atoms with Crippen molar-refractivity contribution in [3.8, 4) is 0 Å². The summed E-state index contributed by atoms with van der Waals surface area (Å²) < 4.78 is 25.7. The first-order valence-corrected chi connectivity index (χ1v) is 23.8.